The highest BCUT2D eigenvalue weighted by molar-refractivity contribution is 9.10. The van der Waals surface area contributed by atoms with Crippen LogP contribution in [0.4, 0.5) is 11.4 Å². The summed E-state index contributed by atoms with van der Waals surface area (Å²) in [6.45, 7) is 0. The number of nitro groups is 1. The summed E-state index contributed by atoms with van der Waals surface area (Å²) < 4.78 is 5.77. The molecule has 0 radical (unpaired) electrons. The first-order valence-corrected chi connectivity index (χ1v) is 9.09. The van der Waals surface area contributed by atoms with E-state index < -0.39 is 4.92 Å². The molecular formula is C17H12BrN3O5S. The van der Waals surface area contributed by atoms with Gasteiger partial charge in [0.1, 0.15) is 0 Å². The lowest BCUT2D eigenvalue weighted by Crippen LogP contribution is -2.19. The maximum Gasteiger partial charge on any atom is 0.271 e. The summed E-state index contributed by atoms with van der Waals surface area (Å²) in [4.78, 5) is 27.1. The van der Waals surface area contributed by atoms with Crippen molar-refractivity contribution in [1.29, 1.82) is 0 Å². The van der Waals surface area contributed by atoms with Gasteiger partial charge in [-0.15, -0.1) is 0 Å². The number of phenolic OH excluding ortho intramolecular Hbond substituents is 1. The molecule has 1 fully saturated rings. The lowest BCUT2D eigenvalue weighted by molar-refractivity contribution is -0.384. The van der Waals surface area contributed by atoms with Gasteiger partial charge in [0.15, 0.2) is 16.7 Å². The van der Waals surface area contributed by atoms with Gasteiger partial charge in [0.05, 0.1) is 22.6 Å². The van der Waals surface area contributed by atoms with E-state index in [-0.39, 0.29) is 28.3 Å². The molecule has 1 amide bonds. The zero-order valence-electron chi connectivity index (χ0n) is 13.8. The van der Waals surface area contributed by atoms with Crippen LogP contribution in [-0.4, -0.2) is 28.2 Å². The van der Waals surface area contributed by atoms with Gasteiger partial charge >= 0.3 is 0 Å². The van der Waals surface area contributed by atoms with E-state index in [2.05, 4.69) is 26.2 Å². The van der Waals surface area contributed by atoms with E-state index in [0.29, 0.717) is 20.6 Å². The Kier molecular flexibility index (Phi) is 5.47. The number of ether oxygens (including phenoxy) is 1. The Balaban J connectivity index is 1.90. The van der Waals surface area contributed by atoms with Crippen molar-refractivity contribution in [2.45, 2.75) is 0 Å². The molecule has 1 aliphatic rings. The molecule has 2 N–H and O–H groups in total. The number of benzene rings is 2. The summed E-state index contributed by atoms with van der Waals surface area (Å²) in [5, 5.41) is 23.9. The third-order valence-corrected chi connectivity index (χ3v) is 4.87. The van der Waals surface area contributed by atoms with Gasteiger partial charge in [-0.05, 0) is 36.0 Å². The van der Waals surface area contributed by atoms with Crippen LogP contribution in [0.3, 0.4) is 0 Å². The fraction of sp³-hybridized carbons (Fsp3) is 0.0588. The number of nitrogens with one attached hydrogen (secondary N) is 1. The van der Waals surface area contributed by atoms with E-state index in [4.69, 9.17) is 4.74 Å². The van der Waals surface area contributed by atoms with E-state index in [0.717, 1.165) is 11.8 Å². The molecule has 0 aliphatic carbocycles. The smallest absolute Gasteiger partial charge is 0.271 e. The van der Waals surface area contributed by atoms with E-state index in [9.17, 15) is 20.0 Å². The lowest BCUT2D eigenvalue weighted by atomic mass is 10.1. The Morgan fingerprint density at radius 3 is 2.85 bits per heavy atom. The Hall–Kier alpha value is -2.85. The number of non-ortho nitro benzene ring substituents is 1. The summed E-state index contributed by atoms with van der Waals surface area (Å²) in [7, 11) is 1.43. The number of aliphatic imine (C=N–C) groups is 1. The zero-order chi connectivity index (χ0) is 19.6. The highest BCUT2D eigenvalue weighted by atomic mass is 79.9. The van der Waals surface area contributed by atoms with Crippen LogP contribution in [0.25, 0.3) is 6.08 Å². The fourth-order valence-corrected chi connectivity index (χ4v) is 3.56. The summed E-state index contributed by atoms with van der Waals surface area (Å²) in [5.74, 6) is -0.210. The molecule has 0 spiro atoms. The molecule has 0 saturated carbocycles. The van der Waals surface area contributed by atoms with Crippen LogP contribution >= 0.6 is 27.7 Å². The Labute approximate surface area is 166 Å². The number of halogens is 1. The van der Waals surface area contributed by atoms with E-state index >= 15 is 0 Å². The third kappa shape index (κ3) is 4.29. The van der Waals surface area contributed by atoms with Crippen molar-refractivity contribution in [3.63, 3.8) is 0 Å². The Morgan fingerprint density at radius 1 is 1.37 bits per heavy atom. The maximum absolute atomic E-state index is 12.2. The van der Waals surface area contributed by atoms with Crippen molar-refractivity contribution in [3.8, 4) is 11.5 Å². The first kappa shape index (κ1) is 18.9. The third-order valence-electron chi connectivity index (χ3n) is 3.50. The minimum Gasteiger partial charge on any atom is -0.504 e. The summed E-state index contributed by atoms with van der Waals surface area (Å²) in [6.07, 6.45) is 1.51. The minimum atomic E-state index is -0.515. The van der Waals surface area contributed by atoms with Crippen LogP contribution < -0.4 is 10.1 Å². The number of hydrogen-bond acceptors (Lipinski definition) is 7. The number of nitrogens with zero attached hydrogens (tertiary/aromatic N) is 2. The van der Waals surface area contributed by atoms with Gasteiger partial charge in [-0.25, -0.2) is 4.99 Å². The molecule has 1 heterocycles. The van der Waals surface area contributed by atoms with Crippen LogP contribution in [0, 0.1) is 10.1 Å². The Bertz CT molecular complexity index is 1010. The highest BCUT2D eigenvalue weighted by Crippen LogP contribution is 2.37. The van der Waals surface area contributed by atoms with Gasteiger partial charge in [0.25, 0.3) is 11.6 Å². The fourth-order valence-electron chi connectivity index (χ4n) is 2.28. The van der Waals surface area contributed by atoms with Gasteiger partial charge in [-0.3, -0.25) is 14.9 Å². The molecular weight excluding hydrogens is 438 g/mol. The van der Waals surface area contributed by atoms with E-state index in [1.165, 1.54) is 31.4 Å². The number of amides is 1. The first-order valence-electron chi connectivity index (χ1n) is 7.48. The van der Waals surface area contributed by atoms with E-state index in [1.54, 1.807) is 18.2 Å². The molecule has 10 heteroatoms. The zero-order valence-corrected chi connectivity index (χ0v) is 16.2. The van der Waals surface area contributed by atoms with Crippen molar-refractivity contribution in [2.24, 2.45) is 4.99 Å². The summed E-state index contributed by atoms with van der Waals surface area (Å²) in [5.41, 5.74) is 0.656. The average Bonchev–Trinajstić information content (AvgIpc) is 2.97. The second kappa shape index (κ2) is 7.80. The number of nitro benzene ring substituents is 1. The van der Waals surface area contributed by atoms with Crippen molar-refractivity contribution < 1.29 is 19.6 Å². The van der Waals surface area contributed by atoms with Crippen LogP contribution in [0.1, 0.15) is 5.56 Å². The molecule has 0 bridgehead atoms. The van der Waals surface area contributed by atoms with Gasteiger partial charge < -0.3 is 15.2 Å². The summed E-state index contributed by atoms with van der Waals surface area (Å²) in [6, 6.07) is 9.04. The van der Waals surface area contributed by atoms with Crippen molar-refractivity contribution >= 4 is 56.2 Å². The number of carbonyl (C=O) groups excluding carboxylic acids is 1. The molecule has 1 saturated heterocycles. The van der Waals surface area contributed by atoms with Gasteiger partial charge in [-0.1, -0.05) is 22.0 Å². The molecule has 27 heavy (non-hydrogen) atoms. The topological polar surface area (TPSA) is 114 Å². The van der Waals surface area contributed by atoms with Crippen LogP contribution in [-0.2, 0) is 4.79 Å². The quantitative estimate of drug-likeness (QED) is 0.414. The van der Waals surface area contributed by atoms with Crippen molar-refractivity contribution in [2.75, 3.05) is 7.11 Å². The number of aromatic hydroxyl groups is 1. The molecule has 1 aliphatic heterocycles. The second-order valence-electron chi connectivity index (χ2n) is 5.30. The maximum atomic E-state index is 12.2. The molecule has 138 valence electrons. The predicted octanol–water partition coefficient (Wildman–Crippen LogP) is 3.96. The molecule has 0 aromatic heterocycles. The Morgan fingerprint density at radius 2 is 2.15 bits per heavy atom. The SMILES string of the molecule is COc1cc(Br)cc(/C=C2\SC(=Nc3cccc([N+](=O)[O-])c3)NC2=O)c1O. The minimum absolute atomic E-state index is 0.0897. The second-order valence-corrected chi connectivity index (χ2v) is 7.25. The molecule has 0 atom stereocenters. The number of carbonyl (C=O) groups is 1. The first-order chi connectivity index (χ1) is 12.9. The monoisotopic (exact) mass is 449 g/mol. The van der Waals surface area contributed by atoms with Gasteiger partial charge in [0.2, 0.25) is 0 Å². The number of methoxy groups -OCH3 is 1. The summed E-state index contributed by atoms with van der Waals surface area (Å²) >= 11 is 4.38. The molecule has 2 aromatic carbocycles. The van der Waals surface area contributed by atoms with Crippen molar-refractivity contribution in [3.05, 3.63) is 61.5 Å². The number of hydrogen-bond donors (Lipinski definition) is 2. The molecule has 2 aromatic rings. The number of amidine groups is 1. The van der Waals surface area contributed by atoms with Crippen molar-refractivity contribution in [1.82, 2.24) is 5.32 Å². The number of rotatable bonds is 4. The van der Waals surface area contributed by atoms with Gasteiger partial charge in [0, 0.05) is 22.2 Å². The highest BCUT2D eigenvalue weighted by Gasteiger charge is 2.25. The molecule has 3 rings (SSSR count). The standard InChI is InChI=1S/C17H12BrN3O5S/c1-26-13-7-10(18)5-9(15(13)22)6-14-16(23)20-17(27-14)19-11-3-2-4-12(8-11)21(24)25/h2-8,22H,1H3,(H,19,20,23)/b14-6-. The van der Waals surface area contributed by atoms with Crippen LogP contribution in [0.5, 0.6) is 11.5 Å². The van der Waals surface area contributed by atoms with Crippen LogP contribution in [0.2, 0.25) is 0 Å². The van der Waals surface area contributed by atoms with E-state index in [1.807, 2.05) is 0 Å². The molecule has 8 nitrogen and oxygen atoms in total. The predicted molar refractivity (Wildman–Crippen MR) is 106 cm³/mol. The number of phenols is 1. The largest absolute Gasteiger partial charge is 0.504 e. The number of thioether (sulfide) groups is 1. The average molecular weight is 450 g/mol. The van der Waals surface area contributed by atoms with Gasteiger partial charge in [-0.2, -0.15) is 0 Å². The molecule has 0 unspecified atom stereocenters. The normalized spacial score (nSPS) is 16.6. The lowest BCUT2D eigenvalue weighted by Gasteiger charge is -2.07. The van der Waals surface area contributed by atoms with Crippen LogP contribution in [0.15, 0.2) is 50.8 Å².